The van der Waals surface area contributed by atoms with Gasteiger partial charge in [0.2, 0.25) is 0 Å². The van der Waals surface area contributed by atoms with E-state index in [9.17, 15) is 9.59 Å². The SMILES string of the molecule is CCN(c1c(C)c(C(=O)NCc2c(C)cc(C)[nH]c2=O)cc2c1cnn2CC1CCOC1)C1CCOCC1. The van der Waals surface area contributed by atoms with Crippen molar-refractivity contribution in [3.05, 3.63) is 56.6 Å². The maximum Gasteiger partial charge on any atom is 0.253 e. The Morgan fingerprint density at radius 2 is 1.92 bits per heavy atom. The van der Waals surface area contributed by atoms with Crippen molar-refractivity contribution in [2.45, 2.75) is 66.1 Å². The van der Waals surface area contributed by atoms with Crippen LogP contribution in [0, 0.1) is 26.7 Å². The van der Waals surface area contributed by atoms with Gasteiger partial charge in [0, 0.05) is 73.6 Å². The zero-order valence-corrected chi connectivity index (χ0v) is 22.9. The lowest BCUT2D eigenvalue weighted by atomic mass is 9.98. The molecular weight excluding hydrogens is 482 g/mol. The van der Waals surface area contributed by atoms with E-state index in [2.05, 4.69) is 22.1 Å². The fourth-order valence-electron chi connectivity index (χ4n) is 5.99. The second-order valence-electron chi connectivity index (χ2n) is 10.6. The number of pyridine rings is 1. The van der Waals surface area contributed by atoms with Crippen molar-refractivity contribution >= 4 is 22.5 Å². The summed E-state index contributed by atoms with van der Waals surface area (Å²) in [5.41, 5.74) is 5.66. The Hall–Kier alpha value is -3.17. The van der Waals surface area contributed by atoms with Crippen molar-refractivity contribution in [3.63, 3.8) is 0 Å². The van der Waals surface area contributed by atoms with Crippen molar-refractivity contribution in [2.24, 2.45) is 5.92 Å². The number of aromatic amines is 1. The topological polar surface area (TPSA) is 101 Å². The Kier molecular flexibility index (Phi) is 7.85. The van der Waals surface area contributed by atoms with Gasteiger partial charge in [0.15, 0.2) is 0 Å². The molecule has 1 aromatic carbocycles. The number of nitrogens with one attached hydrogen (secondary N) is 2. The maximum absolute atomic E-state index is 13.7. The predicted octanol–water partition coefficient (Wildman–Crippen LogP) is 3.62. The van der Waals surface area contributed by atoms with Gasteiger partial charge < -0.3 is 24.7 Å². The summed E-state index contributed by atoms with van der Waals surface area (Å²) in [6, 6.07) is 4.24. The summed E-state index contributed by atoms with van der Waals surface area (Å²) in [4.78, 5) is 31.5. The number of aromatic nitrogens is 3. The molecule has 204 valence electrons. The van der Waals surface area contributed by atoms with Gasteiger partial charge in [0.05, 0.1) is 24.0 Å². The van der Waals surface area contributed by atoms with Crippen LogP contribution in [-0.4, -0.2) is 59.7 Å². The number of hydrogen-bond donors (Lipinski definition) is 2. The van der Waals surface area contributed by atoms with Gasteiger partial charge >= 0.3 is 0 Å². The van der Waals surface area contributed by atoms with E-state index < -0.39 is 0 Å². The minimum Gasteiger partial charge on any atom is -0.381 e. The van der Waals surface area contributed by atoms with E-state index in [1.165, 1.54) is 0 Å². The number of hydrogen-bond acceptors (Lipinski definition) is 6. The standard InChI is InChI=1S/C29H39N5O4/c1-5-33(22-7-10-37-11-8-22)27-20(4)23(28(35)30-14-24-18(2)12-19(3)32-29(24)36)13-26-25(27)15-31-34(26)16-21-6-9-38-17-21/h12-13,15,21-22H,5-11,14,16-17H2,1-4H3,(H,30,35)(H,32,36). The Morgan fingerprint density at radius 3 is 2.61 bits per heavy atom. The molecule has 2 saturated heterocycles. The monoisotopic (exact) mass is 521 g/mol. The fraction of sp³-hybridized carbons (Fsp3) is 0.552. The van der Waals surface area contributed by atoms with Crippen molar-refractivity contribution < 1.29 is 14.3 Å². The van der Waals surface area contributed by atoms with E-state index in [4.69, 9.17) is 14.6 Å². The van der Waals surface area contributed by atoms with Crippen LogP contribution in [0.25, 0.3) is 10.9 Å². The van der Waals surface area contributed by atoms with Gasteiger partial charge in [0.1, 0.15) is 0 Å². The fourth-order valence-corrected chi connectivity index (χ4v) is 5.99. The Morgan fingerprint density at radius 1 is 1.16 bits per heavy atom. The third-order valence-corrected chi connectivity index (χ3v) is 8.05. The molecule has 0 spiro atoms. The summed E-state index contributed by atoms with van der Waals surface area (Å²) < 4.78 is 13.3. The lowest BCUT2D eigenvalue weighted by Gasteiger charge is -2.37. The molecule has 9 heteroatoms. The highest BCUT2D eigenvalue weighted by Crippen LogP contribution is 2.36. The Balaban J connectivity index is 1.54. The van der Waals surface area contributed by atoms with Crippen LogP contribution in [-0.2, 0) is 22.6 Å². The van der Waals surface area contributed by atoms with Gasteiger partial charge in [-0.3, -0.25) is 14.3 Å². The molecule has 38 heavy (non-hydrogen) atoms. The van der Waals surface area contributed by atoms with Crippen LogP contribution in [0.4, 0.5) is 5.69 Å². The quantitative estimate of drug-likeness (QED) is 0.470. The lowest BCUT2D eigenvalue weighted by Crippen LogP contribution is -2.40. The number of anilines is 1. The molecule has 3 aromatic rings. The van der Waals surface area contributed by atoms with Crippen LogP contribution in [0.15, 0.2) is 23.1 Å². The molecule has 0 bridgehead atoms. The van der Waals surface area contributed by atoms with Crippen molar-refractivity contribution in [1.82, 2.24) is 20.1 Å². The molecule has 2 aliphatic rings. The van der Waals surface area contributed by atoms with Crippen LogP contribution in [0.3, 0.4) is 0 Å². The summed E-state index contributed by atoms with van der Waals surface area (Å²) in [6.07, 6.45) is 4.87. The second-order valence-corrected chi connectivity index (χ2v) is 10.6. The molecule has 2 fully saturated rings. The minimum atomic E-state index is -0.190. The third kappa shape index (κ3) is 5.22. The highest BCUT2D eigenvalue weighted by molar-refractivity contribution is 6.05. The van der Waals surface area contributed by atoms with Crippen LogP contribution in [0.1, 0.15) is 58.9 Å². The van der Waals surface area contributed by atoms with Gasteiger partial charge in [-0.2, -0.15) is 5.10 Å². The summed E-state index contributed by atoms with van der Waals surface area (Å²) in [5.74, 6) is 0.221. The number of carbonyl (C=O) groups is 1. The number of rotatable bonds is 8. The number of ether oxygens (including phenoxy) is 2. The van der Waals surface area contributed by atoms with Gasteiger partial charge in [-0.15, -0.1) is 0 Å². The molecule has 9 nitrogen and oxygen atoms in total. The summed E-state index contributed by atoms with van der Waals surface area (Å²) in [7, 11) is 0. The number of carbonyl (C=O) groups excluding carboxylic acids is 1. The predicted molar refractivity (Wildman–Crippen MR) is 148 cm³/mol. The van der Waals surface area contributed by atoms with E-state index in [0.29, 0.717) is 23.1 Å². The molecule has 0 saturated carbocycles. The van der Waals surface area contributed by atoms with Crippen molar-refractivity contribution in [1.29, 1.82) is 0 Å². The highest BCUT2D eigenvalue weighted by atomic mass is 16.5. The first-order valence-electron chi connectivity index (χ1n) is 13.8. The van der Waals surface area contributed by atoms with Gasteiger partial charge in [-0.25, -0.2) is 0 Å². The zero-order valence-electron chi connectivity index (χ0n) is 22.9. The summed E-state index contributed by atoms with van der Waals surface area (Å²) in [6.45, 7) is 12.7. The average molecular weight is 522 g/mol. The highest BCUT2D eigenvalue weighted by Gasteiger charge is 2.28. The molecule has 4 heterocycles. The first-order valence-corrected chi connectivity index (χ1v) is 13.8. The van der Waals surface area contributed by atoms with E-state index in [-0.39, 0.29) is 18.0 Å². The van der Waals surface area contributed by atoms with Crippen LogP contribution < -0.4 is 15.8 Å². The number of fused-ring (bicyclic) bond motifs is 1. The number of amides is 1. The minimum absolute atomic E-state index is 0.163. The van der Waals surface area contributed by atoms with E-state index in [1.807, 2.05) is 43.8 Å². The smallest absolute Gasteiger partial charge is 0.253 e. The number of H-pyrrole nitrogens is 1. The first-order chi connectivity index (χ1) is 18.4. The largest absolute Gasteiger partial charge is 0.381 e. The summed E-state index contributed by atoms with van der Waals surface area (Å²) in [5, 5.41) is 8.87. The molecule has 1 amide bonds. The van der Waals surface area contributed by atoms with Crippen LogP contribution >= 0.6 is 0 Å². The van der Waals surface area contributed by atoms with E-state index in [1.54, 1.807) is 0 Å². The van der Waals surface area contributed by atoms with E-state index in [0.717, 1.165) is 92.2 Å². The molecule has 1 atom stereocenters. The van der Waals surface area contributed by atoms with Gasteiger partial charge in [0.25, 0.3) is 11.5 Å². The molecule has 0 aliphatic carbocycles. The molecule has 2 aliphatic heterocycles. The third-order valence-electron chi connectivity index (χ3n) is 8.05. The molecule has 0 radical (unpaired) electrons. The Bertz CT molecular complexity index is 1370. The van der Waals surface area contributed by atoms with Crippen molar-refractivity contribution in [2.75, 3.05) is 37.9 Å². The average Bonchev–Trinajstić information content (AvgIpc) is 3.55. The van der Waals surface area contributed by atoms with Gasteiger partial charge in [-0.05, 0) is 70.2 Å². The second kappa shape index (κ2) is 11.3. The van der Waals surface area contributed by atoms with Crippen LogP contribution in [0.2, 0.25) is 0 Å². The Labute approximate surface area is 223 Å². The first kappa shape index (κ1) is 26.4. The number of aryl methyl sites for hydroxylation is 2. The van der Waals surface area contributed by atoms with Crippen molar-refractivity contribution in [3.8, 4) is 0 Å². The molecule has 5 rings (SSSR count). The molecule has 2 N–H and O–H groups in total. The lowest BCUT2D eigenvalue weighted by molar-refractivity contribution is 0.0846. The number of benzene rings is 1. The normalized spacial score (nSPS) is 18.3. The number of nitrogens with zero attached hydrogens (tertiary/aromatic N) is 3. The molecule has 2 aromatic heterocycles. The summed E-state index contributed by atoms with van der Waals surface area (Å²) >= 11 is 0. The maximum atomic E-state index is 13.7. The zero-order chi connectivity index (χ0) is 26.8. The van der Waals surface area contributed by atoms with Crippen LogP contribution in [0.5, 0.6) is 0 Å². The molecule has 1 unspecified atom stereocenters. The molecular formula is C29H39N5O4. The van der Waals surface area contributed by atoms with Gasteiger partial charge in [-0.1, -0.05) is 0 Å². The van der Waals surface area contributed by atoms with E-state index >= 15 is 0 Å².